The van der Waals surface area contributed by atoms with Gasteiger partial charge in [0.1, 0.15) is 6.04 Å². The summed E-state index contributed by atoms with van der Waals surface area (Å²) in [5.74, 6) is -1.53. The molecule has 7 nitrogen and oxygen atoms in total. The lowest BCUT2D eigenvalue weighted by molar-refractivity contribution is -0.147. The van der Waals surface area contributed by atoms with E-state index in [1.54, 1.807) is 33.7 Å². The van der Waals surface area contributed by atoms with E-state index >= 15 is 9.59 Å². The number of benzene rings is 2. The van der Waals surface area contributed by atoms with E-state index in [0.717, 1.165) is 49.8 Å². The summed E-state index contributed by atoms with van der Waals surface area (Å²) in [5, 5.41) is 10.8. The monoisotopic (exact) mass is 641 g/mol. The van der Waals surface area contributed by atoms with Crippen LogP contribution in [0.2, 0.25) is 0 Å². The summed E-state index contributed by atoms with van der Waals surface area (Å²) < 4.78 is -0.770. The Hall–Kier alpha value is -3.36. The molecule has 1 aliphatic carbocycles. The smallest absolute Gasteiger partial charge is 0.247 e. The van der Waals surface area contributed by atoms with E-state index in [1.165, 1.54) is 0 Å². The number of para-hydroxylation sites is 1. The molecule has 3 amide bonds. The highest BCUT2D eigenvalue weighted by atomic mass is 32.2. The molecule has 2 aromatic rings. The Morgan fingerprint density at radius 1 is 1.00 bits per heavy atom. The number of hydrogen-bond donors (Lipinski definition) is 1. The van der Waals surface area contributed by atoms with Crippen molar-refractivity contribution in [2.45, 2.75) is 80.0 Å². The van der Waals surface area contributed by atoms with Crippen molar-refractivity contribution < 1.29 is 19.5 Å². The highest BCUT2D eigenvalue weighted by Gasteiger charge is 2.77. The lowest BCUT2D eigenvalue weighted by atomic mass is 9.65. The maximum Gasteiger partial charge on any atom is 0.247 e. The summed E-state index contributed by atoms with van der Waals surface area (Å²) in [6, 6.07) is 18.1. The fraction of sp³-hybridized carbons (Fsp3) is 0.500. The van der Waals surface area contributed by atoms with Gasteiger partial charge in [-0.2, -0.15) is 0 Å². The zero-order valence-electron chi connectivity index (χ0n) is 26.9. The number of hydrogen-bond acceptors (Lipinski definition) is 5. The number of anilines is 1. The van der Waals surface area contributed by atoms with Gasteiger partial charge in [-0.1, -0.05) is 86.9 Å². The fourth-order valence-corrected chi connectivity index (χ4v) is 11.3. The molecule has 4 aliphatic rings. The predicted octanol–water partition coefficient (Wildman–Crippen LogP) is 5.49. The number of amides is 3. The van der Waals surface area contributed by atoms with Gasteiger partial charge >= 0.3 is 0 Å². The van der Waals surface area contributed by atoms with Crippen LogP contribution in [0.15, 0.2) is 86.0 Å². The predicted molar refractivity (Wildman–Crippen MR) is 184 cm³/mol. The van der Waals surface area contributed by atoms with Gasteiger partial charge in [0.15, 0.2) is 0 Å². The number of thioether (sulfide) groups is 1. The van der Waals surface area contributed by atoms with Crippen LogP contribution in [0.25, 0.3) is 0 Å². The number of carbonyl (C=O) groups is 3. The Morgan fingerprint density at radius 2 is 1.65 bits per heavy atom. The minimum absolute atomic E-state index is 0.0389. The molecule has 3 heterocycles. The fourth-order valence-electron chi connectivity index (χ4n) is 8.90. The third-order valence-electron chi connectivity index (χ3n) is 10.9. The zero-order valence-corrected chi connectivity index (χ0v) is 27.7. The molecule has 2 aromatic carbocycles. The second-order valence-corrected chi connectivity index (χ2v) is 15.0. The third kappa shape index (κ3) is 5.51. The van der Waals surface area contributed by atoms with Crippen LogP contribution in [-0.2, 0) is 20.8 Å². The lowest BCUT2D eigenvalue weighted by Crippen LogP contribution is -2.61. The van der Waals surface area contributed by atoms with E-state index in [2.05, 4.69) is 20.1 Å². The van der Waals surface area contributed by atoms with Crippen molar-refractivity contribution >= 4 is 35.2 Å². The Kier molecular flexibility index (Phi) is 9.76. The first-order chi connectivity index (χ1) is 22.4. The van der Waals surface area contributed by atoms with E-state index in [4.69, 9.17) is 0 Å². The molecule has 1 saturated carbocycles. The van der Waals surface area contributed by atoms with Gasteiger partial charge in [0.25, 0.3) is 0 Å². The summed E-state index contributed by atoms with van der Waals surface area (Å²) in [5.41, 5.74) is 1.76. The van der Waals surface area contributed by atoms with Crippen LogP contribution in [0.4, 0.5) is 5.69 Å². The van der Waals surface area contributed by atoms with Crippen molar-refractivity contribution in [2.75, 3.05) is 24.6 Å². The molecule has 7 atom stereocenters. The van der Waals surface area contributed by atoms with Crippen LogP contribution in [0.1, 0.15) is 51.0 Å². The zero-order chi connectivity index (χ0) is 32.4. The summed E-state index contributed by atoms with van der Waals surface area (Å²) in [7, 11) is 0. The minimum atomic E-state index is -0.778. The normalized spacial score (nSPS) is 29.3. The van der Waals surface area contributed by atoms with Gasteiger partial charge < -0.3 is 19.8 Å². The molecular formula is C38H47N3O4S. The van der Waals surface area contributed by atoms with Gasteiger partial charge in [-0.05, 0) is 49.3 Å². The van der Waals surface area contributed by atoms with Gasteiger partial charge in [-0.3, -0.25) is 14.4 Å². The van der Waals surface area contributed by atoms with Crippen LogP contribution in [0.3, 0.4) is 0 Å². The second-order valence-electron chi connectivity index (χ2n) is 13.5. The minimum Gasteiger partial charge on any atom is -0.394 e. The Labute approximate surface area is 277 Å². The Bertz CT molecular complexity index is 1430. The van der Waals surface area contributed by atoms with Crippen LogP contribution in [-0.4, -0.2) is 80.4 Å². The van der Waals surface area contributed by atoms with Crippen molar-refractivity contribution in [1.29, 1.82) is 0 Å². The number of rotatable bonds is 12. The highest BCUT2D eigenvalue weighted by molar-refractivity contribution is 8.02. The average Bonchev–Trinajstić information content (AvgIpc) is 3.69. The first-order valence-electron chi connectivity index (χ1n) is 16.9. The topological polar surface area (TPSA) is 81.2 Å². The van der Waals surface area contributed by atoms with E-state index in [0.29, 0.717) is 19.5 Å². The molecule has 2 bridgehead atoms. The maximum atomic E-state index is 15.1. The Balaban J connectivity index is 1.45. The number of fused-ring (bicyclic) bond motifs is 1. The van der Waals surface area contributed by atoms with Crippen molar-refractivity contribution in [3.8, 4) is 0 Å². The number of likely N-dealkylation sites (tertiary alicyclic amines) is 1. The van der Waals surface area contributed by atoms with Gasteiger partial charge in [-0.15, -0.1) is 24.9 Å². The summed E-state index contributed by atoms with van der Waals surface area (Å²) in [6.07, 6.45) is 9.87. The van der Waals surface area contributed by atoms with Crippen molar-refractivity contribution in [3.05, 3.63) is 91.5 Å². The molecule has 244 valence electrons. The van der Waals surface area contributed by atoms with Gasteiger partial charge in [0.05, 0.1) is 29.2 Å². The number of carbonyl (C=O) groups excluding carboxylic acids is 3. The van der Waals surface area contributed by atoms with Crippen LogP contribution >= 0.6 is 11.8 Å². The first-order valence-corrected chi connectivity index (χ1v) is 17.8. The van der Waals surface area contributed by atoms with Gasteiger partial charge in [0.2, 0.25) is 17.7 Å². The van der Waals surface area contributed by atoms with E-state index in [9.17, 15) is 9.90 Å². The van der Waals surface area contributed by atoms with Crippen molar-refractivity contribution in [3.63, 3.8) is 0 Å². The molecule has 1 N–H and O–H groups in total. The molecule has 3 saturated heterocycles. The summed E-state index contributed by atoms with van der Waals surface area (Å²) >= 11 is 1.69. The van der Waals surface area contributed by atoms with Crippen molar-refractivity contribution in [1.82, 2.24) is 9.80 Å². The molecule has 3 aliphatic heterocycles. The second kappa shape index (κ2) is 13.8. The van der Waals surface area contributed by atoms with Crippen LogP contribution < -0.4 is 4.90 Å². The summed E-state index contributed by atoms with van der Waals surface area (Å²) in [4.78, 5) is 50.3. The van der Waals surface area contributed by atoms with E-state index in [1.807, 2.05) is 65.6 Å². The largest absolute Gasteiger partial charge is 0.394 e. The van der Waals surface area contributed by atoms with Crippen LogP contribution in [0, 0.1) is 17.8 Å². The van der Waals surface area contributed by atoms with Gasteiger partial charge in [0, 0.05) is 30.1 Å². The summed E-state index contributed by atoms with van der Waals surface area (Å²) in [6.45, 7) is 10.5. The van der Waals surface area contributed by atoms with E-state index in [-0.39, 0.29) is 41.5 Å². The molecule has 0 radical (unpaired) electrons. The number of aliphatic hydroxyl groups is 1. The molecule has 4 fully saturated rings. The number of aliphatic hydroxyl groups excluding tert-OH is 1. The molecule has 3 unspecified atom stereocenters. The SMILES string of the molecule is C=CCN(C(=O)[C@@H]1[C@@H]2CC(C)C3(S2)C(C(=O)N(CC=C)C2CCCCC2)N([C@@H](CO)Cc2ccccc2)C(=O)[C@H]13)c1ccccc1. The highest BCUT2D eigenvalue weighted by Crippen LogP contribution is 2.69. The van der Waals surface area contributed by atoms with Gasteiger partial charge in [-0.25, -0.2) is 0 Å². The first kappa shape index (κ1) is 32.6. The molecule has 46 heavy (non-hydrogen) atoms. The molecule has 0 aromatic heterocycles. The molecular weight excluding hydrogens is 595 g/mol. The molecule has 1 spiro atoms. The van der Waals surface area contributed by atoms with Crippen LogP contribution in [0.5, 0.6) is 0 Å². The quantitative estimate of drug-likeness (QED) is 0.310. The number of nitrogens with zero attached hydrogens (tertiary/aromatic N) is 3. The lowest BCUT2D eigenvalue weighted by Gasteiger charge is -2.44. The average molecular weight is 642 g/mol. The maximum absolute atomic E-state index is 15.1. The van der Waals surface area contributed by atoms with E-state index < -0.39 is 28.7 Å². The van der Waals surface area contributed by atoms with Crippen molar-refractivity contribution in [2.24, 2.45) is 17.8 Å². The third-order valence-corrected chi connectivity index (χ3v) is 13.0. The molecule has 6 rings (SSSR count). The molecule has 8 heteroatoms. The standard InChI is InChI=1S/C38H47N3O4S/c1-4-21-39(28-17-11-7-12-18-28)35(43)32-31-23-26(3)38(46-31)33(32)36(44)41(30(25-42)24-27-15-9-6-10-16-27)34(38)37(45)40(22-5-2)29-19-13-8-14-20-29/h4-7,9-12,15-18,26,29-34,42H,1-2,8,13-14,19-25H2,3H3/t26?,30-,31+,32-,33+,34?,38?/m1/s1. The Morgan fingerprint density at radius 3 is 2.28 bits per heavy atom.